The Balaban J connectivity index is 1.93. The van der Waals surface area contributed by atoms with Crippen molar-refractivity contribution in [3.8, 4) is 28.3 Å². The van der Waals surface area contributed by atoms with Crippen LogP contribution in [0.1, 0.15) is 23.8 Å². The zero-order valence-electron chi connectivity index (χ0n) is 16.4. The Morgan fingerprint density at radius 1 is 1.07 bits per heavy atom. The fraction of sp³-hybridized carbons (Fsp3) is 0.174. The lowest BCUT2D eigenvalue weighted by Crippen LogP contribution is -2.25. The molecule has 0 saturated carbocycles. The minimum atomic E-state index is -0.201. The van der Waals surface area contributed by atoms with Crippen molar-refractivity contribution in [2.75, 3.05) is 13.7 Å². The summed E-state index contributed by atoms with van der Waals surface area (Å²) >= 11 is 0. The highest BCUT2D eigenvalue weighted by Gasteiger charge is 2.18. The lowest BCUT2D eigenvalue weighted by molar-refractivity contribution is 0.0949. The normalized spacial score (nSPS) is 10.8. The predicted molar refractivity (Wildman–Crippen MR) is 113 cm³/mol. The molecule has 29 heavy (non-hydrogen) atoms. The van der Waals surface area contributed by atoms with Crippen LogP contribution in [0.3, 0.4) is 0 Å². The van der Waals surface area contributed by atoms with Crippen molar-refractivity contribution in [1.29, 1.82) is 0 Å². The van der Waals surface area contributed by atoms with Crippen LogP contribution in [0.2, 0.25) is 0 Å². The Labute approximate surface area is 169 Å². The third-order valence-electron chi connectivity index (χ3n) is 4.65. The predicted octanol–water partition coefficient (Wildman–Crippen LogP) is 4.21. The monoisotopic (exact) mass is 386 g/mol. The van der Waals surface area contributed by atoms with Crippen LogP contribution in [0.15, 0.2) is 66.7 Å². The number of carbonyl (C=O) groups excluding carboxylic acids is 1. The first-order chi connectivity index (χ1) is 14.2. The Hall–Kier alpha value is -3.67. The Morgan fingerprint density at radius 3 is 2.59 bits per heavy atom. The molecule has 146 valence electrons. The maximum Gasteiger partial charge on any atom is 0.270 e. The van der Waals surface area contributed by atoms with E-state index in [0.29, 0.717) is 23.6 Å². The van der Waals surface area contributed by atoms with Crippen molar-refractivity contribution >= 4 is 11.6 Å². The van der Waals surface area contributed by atoms with E-state index in [4.69, 9.17) is 9.84 Å². The van der Waals surface area contributed by atoms with Crippen molar-refractivity contribution in [3.05, 3.63) is 72.4 Å². The number of hydrogen-bond donors (Lipinski definition) is 1. The number of methoxy groups -OCH3 is 1. The first kappa shape index (κ1) is 18.7. The minimum Gasteiger partial charge on any atom is -0.496 e. The van der Waals surface area contributed by atoms with Crippen LogP contribution >= 0.6 is 0 Å². The van der Waals surface area contributed by atoms with Gasteiger partial charge >= 0.3 is 0 Å². The van der Waals surface area contributed by atoms with Crippen molar-refractivity contribution in [1.82, 2.24) is 19.9 Å². The van der Waals surface area contributed by atoms with Crippen molar-refractivity contribution in [2.24, 2.45) is 0 Å². The molecule has 0 aliphatic heterocycles. The molecule has 0 atom stereocenters. The summed E-state index contributed by atoms with van der Waals surface area (Å²) in [7, 11) is 1.63. The van der Waals surface area contributed by atoms with Crippen LogP contribution in [-0.4, -0.2) is 34.2 Å². The van der Waals surface area contributed by atoms with Gasteiger partial charge in [0, 0.05) is 23.7 Å². The van der Waals surface area contributed by atoms with Crippen molar-refractivity contribution < 1.29 is 9.53 Å². The SMILES string of the molecule is CCCNC(=O)c1cc(-c2ccccc2OC)n2nc(-c3ccccc3)cc2n1. The molecule has 0 saturated heterocycles. The second-order valence-corrected chi connectivity index (χ2v) is 6.65. The van der Waals surface area contributed by atoms with Gasteiger partial charge in [-0.15, -0.1) is 0 Å². The molecule has 6 heteroatoms. The number of carbonyl (C=O) groups is 1. The fourth-order valence-electron chi connectivity index (χ4n) is 3.22. The molecule has 2 heterocycles. The summed E-state index contributed by atoms with van der Waals surface area (Å²) in [5.74, 6) is 0.504. The number of amides is 1. The maximum atomic E-state index is 12.6. The summed E-state index contributed by atoms with van der Waals surface area (Å²) in [5, 5.41) is 7.66. The summed E-state index contributed by atoms with van der Waals surface area (Å²) < 4.78 is 7.30. The Bertz CT molecular complexity index is 1150. The molecule has 1 N–H and O–H groups in total. The third-order valence-corrected chi connectivity index (χ3v) is 4.65. The molecule has 0 bridgehead atoms. The van der Waals surface area contributed by atoms with E-state index in [2.05, 4.69) is 10.3 Å². The van der Waals surface area contributed by atoms with E-state index in [0.717, 1.165) is 28.9 Å². The largest absolute Gasteiger partial charge is 0.496 e. The molecule has 0 fully saturated rings. The molecule has 0 radical (unpaired) electrons. The number of benzene rings is 2. The van der Waals surface area contributed by atoms with Gasteiger partial charge in [0.1, 0.15) is 11.4 Å². The van der Waals surface area contributed by atoms with Gasteiger partial charge in [0.15, 0.2) is 5.65 Å². The lowest BCUT2D eigenvalue weighted by atomic mass is 10.1. The number of ether oxygens (including phenoxy) is 1. The summed E-state index contributed by atoms with van der Waals surface area (Å²) in [5.41, 5.74) is 4.33. The third kappa shape index (κ3) is 3.69. The Kier molecular flexibility index (Phi) is 5.24. The second-order valence-electron chi connectivity index (χ2n) is 6.65. The molecule has 0 aliphatic rings. The number of rotatable bonds is 6. The molecular formula is C23H22N4O2. The minimum absolute atomic E-state index is 0.201. The average Bonchev–Trinajstić information content (AvgIpc) is 3.21. The molecule has 2 aromatic heterocycles. The van der Waals surface area contributed by atoms with Gasteiger partial charge < -0.3 is 10.1 Å². The zero-order valence-corrected chi connectivity index (χ0v) is 16.4. The highest BCUT2D eigenvalue weighted by atomic mass is 16.5. The summed E-state index contributed by atoms with van der Waals surface area (Å²) in [6.45, 7) is 2.62. The fourth-order valence-corrected chi connectivity index (χ4v) is 3.22. The van der Waals surface area contributed by atoms with E-state index >= 15 is 0 Å². The second kappa shape index (κ2) is 8.14. The number of aromatic nitrogens is 3. The molecule has 4 aromatic rings. The standard InChI is InChI=1S/C23H22N4O2/c1-3-13-24-23(28)19-14-20(17-11-7-8-12-21(17)29-2)27-22(25-19)15-18(26-27)16-9-5-4-6-10-16/h4-12,14-15H,3,13H2,1-2H3,(H,24,28). The topological polar surface area (TPSA) is 68.5 Å². The zero-order chi connectivity index (χ0) is 20.2. The van der Waals surface area contributed by atoms with E-state index in [1.807, 2.05) is 67.6 Å². The van der Waals surface area contributed by atoms with Crippen LogP contribution in [0.5, 0.6) is 5.75 Å². The van der Waals surface area contributed by atoms with E-state index < -0.39 is 0 Å². The van der Waals surface area contributed by atoms with Crippen molar-refractivity contribution in [3.63, 3.8) is 0 Å². The maximum absolute atomic E-state index is 12.6. The molecule has 2 aromatic carbocycles. The average molecular weight is 386 g/mol. The molecule has 0 aliphatic carbocycles. The van der Waals surface area contributed by atoms with E-state index in [1.165, 1.54) is 0 Å². The van der Waals surface area contributed by atoms with Crippen LogP contribution in [0, 0.1) is 0 Å². The number of hydrogen-bond acceptors (Lipinski definition) is 4. The first-order valence-electron chi connectivity index (χ1n) is 9.59. The van der Waals surface area contributed by atoms with E-state index in [-0.39, 0.29) is 5.91 Å². The molecule has 1 amide bonds. The highest BCUT2D eigenvalue weighted by molar-refractivity contribution is 5.94. The van der Waals surface area contributed by atoms with Gasteiger partial charge in [-0.05, 0) is 24.6 Å². The summed E-state index contributed by atoms with van der Waals surface area (Å²) in [6.07, 6.45) is 0.859. The van der Waals surface area contributed by atoms with Gasteiger partial charge in [-0.25, -0.2) is 9.50 Å². The molecular weight excluding hydrogens is 364 g/mol. The van der Waals surface area contributed by atoms with E-state index in [9.17, 15) is 4.79 Å². The lowest BCUT2D eigenvalue weighted by Gasteiger charge is -2.11. The number of para-hydroxylation sites is 1. The smallest absolute Gasteiger partial charge is 0.270 e. The first-order valence-corrected chi connectivity index (χ1v) is 9.59. The van der Waals surface area contributed by atoms with Gasteiger partial charge in [-0.3, -0.25) is 4.79 Å². The summed E-state index contributed by atoms with van der Waals surface area (Å²) in [4.78, 5) is 17.2. The van der Waals surface area contributed by atoms with Crippen molar-refractivity contribution in [2.45, 2.75) is 13.3 Å². The number of nitrogens with zero attached hydrogens (tertiary/aromatic N) is 3. The van der Waals surface area contributed by atoms with Crippen LogP contribution in [-0.2, 0) is 0 Å². The number of fused-ring (bicyclic) bond motifs is 1. The van der Waals surface area contributed by atoms with Gasteiger partial charge in [-0.1, -0.05) is 49.4 Å². The molecule has 0 unspecified atom stereocenters. The van der Waals surface area contributed by atoms with Gasteiger partial charge in [-0.2, -0.15) is 5.10 Å². The molecule has 0 spiro atoms. The molecule has 4 rings (SSSR count). The highest BCUT2D eigenvalue weighted by Crippen LogP contribution is 2.31. The van der Waals surface area contributed by atoms with Gasteiger partial charge in [0.25, 0.3) is 5.91 Å². The Morgan fingerprint density at radius 2 is 1.83 bits per heavy atom. The van der Waals surface area contributed by atoms with E-state index in [1.54, 1.807) is 17.7 Å². The van der Waals surface area contributed by atoms with Gasteiger partial charge in [0.05, 0.1) is 18.5 Å². The summed E-state index contributed by atoms with van der Waals surface area (Å²) in [6, 6.07) is 21.2. The molecule has 6 nitrogen and oxygen atoms in total. The van der Waals surface area contributed by atoms with Crippen LogP contribution in [0.4, 0.5) is 0 Å². The van der Waals surface area contributed by atoms with Crippen LogP contribution < -0.4 is 10.1 Å². The number of nitrogens with one attached hydrogen (secondary N) is 1. The van der Waals surface area contributed by atoms with Crippen LogP contribution in [0.25, 0.3) is 28.2 Å². The van der Waals surface area contributed by atoms with Gasteiger partial charge in [0.2, 0.25) is 0 Å². The quantitative estimate of drug-likeness (QED) is 0.539.